The average molecular weight is 235 g/mol. The lowest BCUT2D eigenvalue weighted by atomic mass is 10.1. The van der Waals surface area contributed by atoms with Crippen molar-refractivity contribution >= 4 is 0 Å². The Balaban J connectivity index is 2.69. The summed E-state index contributed by atoms with van der Waals surface area (Å²) >= 11 is 0. The lowest BCUT2D eigenvalue weighted by molar-refractivity contribution is -0.126. The smallest absolute Gasteiger partial charge is 0.401 e. The molecule has 1 aromatic carbocycles. The van der Waals surface area contributed by atoms with Crippen LogP contribution >= 0.6 is 0 Å². The van der Waals surface area contributed by atoms with Crippen molar-refractivity contribution in [1.82, 2.24) is 5.32 Å². The van der Waals surface area contributed by atoms with Crippen LogP contribution in [0.25, 0.3) is 0 Å². The standard InChI is InChI=1S/C10H12F3NO2/c1-6(14-5-10(11,12)13)7-2-8(15)4-9(16)3-7/h2-4,6,14-16H,5H2,1H3. The minimum Gasteiger partial charge on any atom is -0.508 e. The fourth-order valence-corrected chi connectivity index (χ4v) is 1.25. The van der Waals surface area contributed by atoms with Gasteiger partial charge in [-0.1, -0.05) is 0 Å². The Hall–Kier alpha value is -1.43. The zero-order valence-corrected chi connectivity index (χ0v) is 8.54. The summed E-state index contributed by atoms with van der Waals surface area (Å²) < 4.78 is 35.8. The monoisotopic (exact) mass is 235 g/mol. The van der Waals surface area contributed by atoms with Gasteiger partial charge >= 0.3 is 6.18 Å². The maximum Gasteiger partial charge on any atom is 0.401 e. The van der Waals surface area contributed by atoms with Crippen LogP contribution in [0.2, 0.25) is 0 Å². The van der Waals surface area contributed by atoms with E-state index in [0.29, 0.717) is 5.56 Å². The van der Waals surface area contributed by atoms with E-state index < -0.39 is 18.8 Å². The molecule has 0 amide bonds. The molecule has 6 heteroatoms. The first-order valence-corrected chi connectivity index (χ1v) is 4.61. The minimum absolute atomic E-state index is 0.185. The van der Waals surface area contributed by atoms with E-state index in [2.05, 4.69) is 5.32 Å². The molecule has 0 saturated heterocycles. The van der Waals surface area contributed by atoms with Gasteiger partial charge in [0.25, 0.3) is 0 Å². The molecule has 0 saturated carbocycles. The van der Waals surface area contributed by atoms with Crippen LogP contribution in [0, 0.1) is 0 Å². The van der Waals surface area contributed by atoms with E-state index in [1.165, 1.54) is 19.1 Å². The molecule has 0 aliphatic carbocycles. The van der Waals surface area contributed by atoms with Crippen LogP contribution in [0.15, 0.2) is 18.2 Å². The predicted octanol–water partition coefficient (Wildman–Crippen LogP) is 2.31. The van der Waals surface area contributed by atoms with Crippen molar-refractivity contribution in [3.05, 3.63) is 23.8 Å². The van der Waals surface area contributed by atoms with Crippen molar-refractivity contribution in [2.75, 3.05) is 6.54 Å². The highest BCUT2D eigenvalue weighted by molar-refractivity contribution is 5.37. The molecule has 0 aliphatic heterocycles. The molecule has 0 heterocycles. The molecule has 1 aromatic rings. The number of alkyl halides is 3. The molecule has 90 valence electrons. The van der Waals surface area contributed by atoms with Crippen LogP contribution in [-0.4, -0.2) is 22.9 Å². The van der Waals surface area contributed by atoms with Crippen LogP contribution in [0.3, 0.4) is 0 Å². The molecule has 0 spiro atoms. The van der Waals surface area contributed by atoms with E-state index in [0.717, 1.165) is 6.07 Å². The summed E-state index contributed by atoms with van der Waals surface area (Å²) in [5.74, 6) is -0.369. The number of nitrogens with one attached hydrogen (secondary N) is 1. The Labute approximate surface area is 90.5 Å². The molecule has 0 fully saturated rings. The lowest BCUT2D eigenvalue weighted by Crippen LogP contribution is -2.30. The van der Waals surface area contributed by atoms with Gasteiger partial charge in [-0.2, -0.15) is 13.2 Å². The van der Waals surface area contributed by atoms with Crippen LogP contribution in [0.5, 0.6) is 11.5 Å². The van der Waals surface area contributed by atoms with E-state index in [1.54, 1.807) is 0 Å². The molecule has 3 nitrogen and oxygen atoms in total. The fraction of sp³-hybridized carbons (Fsp3) is 0.400. The number of hydrogen-bond acceptors (Lipinski definition) is 3. The quantitative estimate of drug-likeness (QED) is 0.753. The number of phenols is 2. The van der Waals surface area contributed by atoms with Crippen molar-refractivity contribution in [2.45, 2.75) is 19.1 Å². The predicted molar refractivity (Wildman–Crippen MR) is 52.2 cm³/mol. The third-order valence-corrected chi connectivity index (χ3v) is 2.03. The summed E-state index contributed by atoms with van der Waals surface area (Å²) in [6.45, 7) is 0.393. The van der Waals surface area contributed by atoms with Gasteiger partial charge in [0.1, 0.15) is 11.5 Å². The van der Waals surface area contributed by atoms with E-state index >= 15 is 0 Å². The number of phenolic OH excluding ortho intramolecular Hbond substituents is 2. The van der Waals surface area contributed by atoms with E-state index in [4.69, 9.17) is 10.2 Å². The van der Waals surface area contributed by atoms with Gasteiger partial charge < -0.3 is 15.5 Å². The average Bonchev–Trinajstić information content (AvgIpc) is 2.11. The molecule has 0 aliphatic rings. The van der Waals surface area contributed by atoms with Crippen LogP contribution < -0.4 is 5.32 Å². The van der Waals surface area contributed by atoms with Gasteiger partial charge in [-0.25, -0.2) is 0 Å². The Morgan fingerprint density at radius 3 is 2.12 bits per heavy atom. The second-order valence-electron chi connectivity index (χ2n) is 3.50. The van der Waals surface area contributed by atoms with E-state index in [9.17, 15) is 13.2 Å². The lowest BCUT2D eigenvalue weighted by Gasteiger charge is -2.16. The number of hydrogen-bond donors (Lipinski definition) is 3. The molecule has 0 aromatic heterocycles. The van der Waals surface area contributed by atoms with Crippen LogP contribution in [0.1, 0.15) is 18.5 Å². The van der Waals surface area contributed by atoms with Crippen molar-refractivity contribution in [1.29, 1.82) is 0 Å². The van der Waals surface area contributed by atoms with Crippen LogP contribution in [-0.2, 0) is 0 Å². The van der Waals surface area contributed by atoms with Gasteiger partial charge in [-0.15, -0.1) is 0 Å². The molecule has 0 bridgehead atoms. The Kier molecular flexibility index (Phi) is 3.64. The summed E-state index contributed by atoms with van der Waals surface area (Å²) in [4.78, 5) is 0. The second-order valence-corrected chi connectivity index (χ2v) is 3.50. The first-order valence-electron chi connectivity index (χ1n) is 4.61. The fourth-order valence-electron chi connectivity index (χ4n) is 1.25. The van der Waals surface area contributed by atoms with Crippen molar-refractivity contribution in [2.24, 2.45) is 0 Å². The molecule has 0 radical (unpaired) electrons. The summed E-state index contributed by atoms with van der Waals surface area (Å²) in [7, 11) is 0. The molecule has 3 N–H and O–H groups in total. The van der Waals surface area contributed by atoms with E-state index in [1.807, 2.05) is 0 Å². The van der Waals surface area contributed by atoms with Gasteiger partial charge in [-0.05, 0) is 24.6 Å². The maximum absolute atomic E-state index is 11.9. The SMILES string of the molecule is CC(NCC(F)(F)F)c1cc(O)cc(O)c1. The maximum atomic E-state index is 11.9. The highest BCUT2D eigenvalue weighted by atomic mass is 19.4. The largest absolute Gasteiger partial charge is 0.508 e. The van der Waals surface area contributed by atoms with E-state index in [-0.39, 0.29) is 11.5 Å². The summed E-state index contributed by atoms with van der Waals surface area (Å²) in [6.07, 6.45) is -4.28. The minimum atomic E-state index is -4.28. The van der Waals surface area contributed by atoms with Gasteiger partial charge in [-0.3, -0.25) is 0 Å². The van der Waals surface area contributed by atoms with Gasteiger partial charge in [0.2, 0.25) is 0 Å². The molecule has 1 atom stereocenters. The summed E-state index contributed by atoms with van der Waals surface area (Å²) in [5.41, 5.74) is 0.391. The van der Waals surface area contributed by atoms with Crippen molar-refractivity contribution in [3.8, 4) is 11.5 Å². The highest BCUT2D eigenvalue weighted by Gasteiger charge is 2.27. The summed E-state index contributed by atoms with van der Waals surface area (Å²) in [6, 6.07) is 3.10. The molecular weight excluding hydrogens is 223 g/mol. The topological polar surface area (TPSA) is 52.5 Å². The first-order chi connectivity index (χ1) is 7.28. The molecule has 16 heavy (non-hydrogen) atoms. The van der Waals surface area contributed by atoms with Crippen LogP contribution in [0.4, 0.5) is 13.2 Å². The van der Waals surface area contributed by atoms with Gasteiger partial charge in [0, 0.05) is 12.1 Å². The van der Waals surface area contributed by atoms with Crippen molar-refractivity contribution < 1.29 is 23.4 Å². The Morgan fingerprint density at radius 2 is 1.69 bits per heavy atom. The Bertz CT molecular complexity index is 345. The van der Waals surface area contributed by atoms with Crippen molar-refractivity contribution in [3.63, 3.8) is 0 Å². The molecule has 1 unspecified atom stereocenters. The molecular formula is C10H12F3NO2. The normalized spacial score (nSPS) is 13.8. The number of aromatic hydroxyl groups is 2. The number of benzene rings is 1. The third kappa shape index (κ3) is 3.98. The summed E-state index contributed by atoms with van der Waals surface area (Å²) in [5, 5.41) is 20.6. The number of rotatable bonds is 3. The Morgan fingerprint density at radius 1 is 1.19 bits per heavy atom. The first kappa shape index (κ1) is 12.6. The molecule has 1 rings (SSSR count). The third-order valence-electron chi connectivity index (χ3n) is 2.03. The highest BCUT2D eigenvalue weighted by Crippen LogP contribution is 2.25. The second kappa shape index (κ2) is 4.61. The zero-order valence-electron chi connectivity index (χ0n) is 8.54. The van der Waals surface area contributed by atoms with Gasteiger partial charge in [0.15, 0.2) is 0 Å². The van der Waals surface area contributed by atoms with Gasteiger partial charge in [0.05, 0.1) is 6.54 Å². The number of halogens is 3. The zero-order chi connectivity index (χ0) is 12.3.